The van der Waals surface area contributed by atoms with Crippen LogP contribution in [0.5, 0.6) is 0 Å². The first-order valence-corrected chi connectivity index (χ1v) is 7.24. The summed E-state index contributed by atoms with van der Waals surface area (Å²) in [5, 5.41) is 2.64. The van der Waals surface area contributed by atoms with Crippen LogP contribution in [0.15, 0.2) is 17.6 Å². The zero-order valence-electron chi connectivity index (χ0n) is 9.47. The number of hydrogen-bond donors (Lipinski definition) is 0. The Morgan fingerprint density at radius 2 is 2.35 bits per heavy atom. The molecule has 2 aromatic rings. The van der Waals surface area contributed by atoms with Crippen molar-refractivity contribution in [3.63, 3.8) is 0 Å². The largest absolute Gasteiger partial charge is 0.286 e. The lowest BCUT2D eigenvalue weighted by atomic mass is 10.2. The third-order valence-electron chi connectivity index (χ3n) is 2.97. The van der Waals surface area contributed by atoms with E-state index >= 15 is 0 Å². The highest BCUT2D eigenvalue weighted by Crippen LogP contribution is 2.31. The number of carbonyl (C=O) groups is 1. The van der Waals surface area contributed by atoms with Gasteiger partial charge in [0.1, 0.15) is 0 Å². The molecule has 0 bridgehead atoms. The number of amides is 1. The predicted molar refractivity (Wildman–Crippen MR) is 71.2 cm³/mol. The van der Waals surface area contributed by atoms with Gasteiger partial charge in [0, 0.05) is 23.5 Å². The maximum Gasteiger partial charge on any atom is 0.269 e. The van der Waals surface area contributed by atoms with Crippen LogP contribution < -0.4 is 4.90 Å². The molecular formula is C12H12N2OS2. The Labute approximate surface area is 108 Å². The first-order chi connectivity index (χ1) is 8.25. The van der Waals surface area contributed by atoms with Crippen LogP contribution in [-0.2, 0) is 12.8 Å². The van der Waals surface area contributed by atoms with Crippen LogP contribution in [0.3, 0.4) is 0 Å². The summed E-state index contributed by atoms with van der Waals surface area (Å²) >= 11 is 3.12. The van der Waals surface area contributed by atoms with Crippen molar-refractivity contribution in [3.05, 3.63) is 33.0 Å². The Bertz CT molecular complexity index is 523. The minimum atomic E-state index is 0.0550. The second-order valence-corrected chi connectivity index (χ2v) is 6.10. The quantitative estimate of drug-likeness (QED) is 0.835. The van der Waals surface area contributed by atoms with Crippen LogP contribution in [0.1, 0.15) is 26.5 Å². The van der Waals surface area contributed by atoms with Crippen molar-refractivity contribution in [2.75, 3.05) is 11.9 Å². The molecule has 5 heteroatoms. The fraction of sp³-hybridized carbons (Fsp3) is 0.333. The molecule has 0 unspecified atom stereocenters. The number of carbonyl (C=O) groups excluding carboxylic acids is 1. The van der Waals surface area contributed by atoms with Crippen LogP contribution in [0.4, 0.5) is 5.13 Å². The smallest absolute Gasteiger partial charge is 0.269 e. The highest BCUT2D eigenvalue weighted by Gasteiger charge is 2.22. The maximum atomic E-state index is 12.3. The maximum absolute atomic E-state index is 12.3. The average Bonchev–Trinajstić information content (AvgIpc) is 3.01. The number of hydrogen-bond acceptors (Lipinski definition) is 4. The Kier molecular flexibility index (Phi) is 2.72. The van der Waals surface area contributed by atoms with Gasteiger partial charge in [-0.2, -0.15) is 0 Å². The number of rotatable bonds is 2. The summed E-state index contributed by atoms with van der Waals surface area (Å²) in [7, 11) is 1.78. The predicted octanol–water partition coefficient (Wildman–Crippen LogP) is 2.97. The first kappa shape index (κ1) is 10.9. The summed E-state index contributed by atoms with van der Waals surface area (Å²) < 4.78 is 0. The van der Waals surface area contributed by atoms with E-state index in [9.17, 15) is 4.79 Å². The molecule has 0 atom stereocenters. The van der Waals surface area contributed by atoms with Gasteiger partial charge in [0.25, 0.3) is 5.91 Å². The molecule has 3 rings (SSSR count). The molecule has 17 heavy (non-hydrogen) atoms. The lowest BCUT2D eigenvalue weighted by molar-refractivity contribution is 0.0997. The highest BCUT2D eigenvalue weighted by atomic mass is 32.1. The number of fused-ring (bicyclic) bond motifs is 1. The molecule has 1 aliphatic rings. The molecule has 0 saturated heterocycles. The van der Waals surface area contributed by atoms with Crippen molar-refractivity contribution in [1.82, 2.24) is 4.98 Å². The molecule has 88 valence electrons. The molecule has 0 radical (unpaired) electrons. The molecule has 2 heterocycles. The van der Waals surface area contributed by atoms with E-state index in [1.165, 1.54) is 28.2 Å². The monoisotopic (exact) mass is 264 g/mol. The number of thiophene rings is 1. The van der Waals surface area contributed by atoms with Gasteiger partial charge in [0.15, 0.2) is 5.13 Å². The molecule has 1 amide bonds. The number of anilines is 1. The Morgan fingerprint density at radius 3 is 3.06 bits per heavy atom. The number of aryl methyl sites for hydroxylation is 2. The van der Waals surface area contributed by atoms with Crippen molar-refractivity contribution < 1.29 is 4.79 Å². The van der Waals surface area contributed by atoms with Crippen molar-refractivity contribution in [1.29, 1.82) is 0 Å². The standard InChI is InChI=1S/C12H12N2OS2/c1-14(12-13-5-6-16-12)11(15)10-7-8-3-2-4-9(8)17-10/h5-7H,2-4H2,1H3. The summed E-state index contributed by atoms with van der Waals surface area (Å²) in [4.78, 5) is 20.3. The molecule has 0 aliphatic heterocycles. The average molecular weight is 264 g/mol. The summed E-state index contributed by atoms with van der Waals surface area (Å²) in [6, 6.07) is 2.06. The molecule has 0 fully saturated rings. The second-order valence-electron chi connectivity index (χ2n) is 4.09. The Balaban J connectivity index is 1.86. The van der Waals surface area contributed by atoms with E-state index < -0.39 is 0 Å². The zero-order valence-corrected chi connectivity index (χ0v) is 11.1. The van der Waals surface area contributed by atoms with Gasteiger partial charge in [0.05, 0.1) is 4.88 Å². The third-order valence-corrected chi connectivity index (χ3v) is 5.04. The summed E-state index contributed by atoms with van der Waals surface area (Å²) in [6.45, 7) is 0. The van der Waals surface area contributed by atoms with Crippen LogP contribution >= 0.6 is 22.7 Å². The molecule has 3 nitrogen and oxygen atoms in total. The second kappa shape index (κ2) is 4.23. The summed E-state index contributed by atoms with van der Waals surface area (Å²) in [5.74, 6) is 0.0550. The van der Waals surface area contributed by atoms with E-state index in [0.29, 0.717) is 0 Å². The Hall–Kier alpha value is -1.20. The minimum Gasteiger partial charge on any atom is -0.286 e. The molecule has 2 aromatic heterocycles. The van der Waals surface area contributed by atoms with E-state index in [-0.39, 0.29) is 5.91 Å². The third kappa shape index (κ3) is 1.89. The van der Waals surface area contributed by atoms with E-state index in [2.05, 4.69) is 11.1 Å². The van der Waals surface area contributed by atoms with Crippen molar-refractivity contribution in [2.45, 2.75) is 19.3 Å². The van der Waals surface area contributed by atoms with Gasteiger partial charge >= 0.3 is 0 Å². The van der Waals surface area contributed by atoms with Crippen LogP contribution in [-0.4, -0.2) is 17.9 Å². The van der Waals surface area contributed by atoms with Crippen LogP contribution in [0.25, 0.3) is 0 Å². The van der Waals surface area contributed by atoms with Gasteiger partial charge < -0.3 is 0 Å². The molecule has 0 saturated carbocycles. The number of nitrogens with zero attached hydrogens (tertiary/aromatic N) is 2. The molecule has 0 N–H and O–H groups in total. The number of thiazole rings is 1. The van der Waals surface area contributed by atoms with Crippen LogP contribution in [0, 0.1) is 0 Å². The first-order valence-electron chi connectivity index (χ1n) is 5.55. The van der Waals surface area contributed by atoms with Crippen molar-refractivity contribution in [2.24, 2.45) is 0 Å². The number of aromatic nitrogens is 1. The van der Waals surface area contributed by atoms with Gasteiger partial charge in [0.2, 0.25) is 0 Å². The SMILES string of the molecule is CN(C(=O)c1cc2c(s1)CCC2)c1nccs1. The molecule has 0 spiro atoms. The fourth-order valence-corrected chi connectivity index (χ4v) is 3.90. The topological polar surface area (TPSA) is 33.2 Å². The van der Waals surface area contributed by atoms with E-state index in [4.69, 9.17) is 0 Å². The molecular weight excluding hydrogens is 252 g/mol. The molecule has 0 aromatic carbocycles. The van der Waals surface area contributed by atoms with E-state index in [0.717, 1.165) is 22.9 Å². The zero-order chi connectivity index (χ0) is 11.8. The van der Waals surface area contributed by atoms with Gasteiger partial charge in [-0.15, -0.1) is 22.7 Å². The summed E-state index contributed by atoms with van der Waals surface area (Å²) in [5.41, 5.74) is 1.37. The summed E-state index contributed by atoms with van der Waals surface area (Å²) in [6.07, 6.45) is 5.21. The lowest BCUT2D eigenvalue weighted by Gasteiger charge is -2.11. The van der Waals surface area contributed by atoms with Crippen molar-refractivity contribution in [3.8, 4) is 0 Å². The molecule has 1 aliphatic carbocycles. The Morgan fingerprint density at radius 1 is 1.47 bits per heavy atom. The fourth-order valence-electron chi connectivity index (χ4n) is 2.07. The van der Waals surface area contributed by atoms with Gasteiger partial charge in [-0.1, -0.05) is 0 Å². The minimum absolute atomic E-state index is 0.0550. The van der Waals surface area contributed by atoms with Gasteiger partial charge in [-0.25, -0.2) is 4.98 Å². The van der Waals surface area contributed by atoms with Gasteiger partial charge in [-0.05, 0) is 30.9 Å². The van der Waals surface area contributed by atoms with E-state index in [1.807, 2.05) is 5.38 Å². The van der Waals surface area contributed by atoms with E-state index in [1.54, 1.807) is 29.5 Å². The normalized spacial score (nSPS) is 13.7. The van der Waals surface area contributed by atoms with Crippen molar-refractivity contribution >= 4 is 33.7 Å². The lowest BCUT2D eigenvalue weighted by Crippen LogP contribution is -2.25. The van der Waals surface area contributed by atoms with Gasteiger partial charge in [-0.3, -0.25) is 9.69 Å². The van der Waals surface area contributed by atoms with Crippen LogP contribution in [0.2, 0.25) is 0 Å². The highest BCUT2D eigenvalue weighted by molar-refractivity contribution is 7.15.